The molecule has 1 aromatic carbocycles. The topological polar surface area (TPSA) is 76.1 Å². The fourth-order valence-electron chi connectivity index (χ4n) is 1.66. The molecule has 1 amide bonds. The Kier molecular flexibility index (Phi) is 5.87. The van der Waals surface area contributed by atoms with Crippen molar-refractivity contribution >= 4 is 46.7 Å². The van der Waals surface area contributed by atoms with Crippen molar-refractivity contribution in [1.82, 2.24) is 15.3 Å². The third-order valence-electron chi connectivity index (χ3n) is 2.79. The molecule has 2 rings (SSSR count). The minimum atomic E-state index is -1.80. The van der Waals surface area contributed by atoms with Crippen LogP contribution in [0.15, 0.2) is 42.7 Å². The quantitative estimate of drug-likeness (QED) is 0.620. The summed E-state index contributed by atoms with van der Waals surface area (Å²) in [6.45, 7) is 0. The Morgan fingerprint density at radius 3 is 2.30 bits per heavy atom. The molecule has 0 saturated carbocycles. The standard InChI is InChI=1S/C14H13Cl3N4O2/c1-23-10-5-3-9(4-6-10)11(22)20-12(14(15,16)17)21-13-18-7-2-8-19-13/h2-8,12H,1H3,(H,20,22)(H,18,19,21). The lowest BCUT2D eigenvalue weighted by Gasteiger charge is -2.26. The largest absolute Gasteiger partial charge is 0.497 e. The summed E-state index contributed by atoms with van der Waals surface area (Å²) in [5, 5.41) is 5.36. The van der Waals surface area contributed by atoms with Crippen molar-refractivity contribution in [2.24, 2.45) is 0 Å². The zero-order chi connectivity index (χ0) is 16.9. The van der Waals surface area contributed by atoms with E-state index in [4.69, 9.17) is 39.5 Å². The van der Waals surface area contributed by atoms with Gasteiger partial charge in [-0.3, -0.25) is 4.79 Å². The van der Waals surface area contributed by atoms with Gasteiger partial charge >= 0.3 is 0 Å². The first-order valence-corrected chi connectivity index (χ1v) is 7.59. The van der Waals surface area contributed by atoms with Gasteiger partial charge in [0, 0.05) is 18.0 Å². The lowest BCUT2D eigenvalue weighted by molar-refractivity contribution is 0.0941. The summed E-state index contributed by atoms with van der Waals surface area (Å²) in [6.07, 6.45) is 2.02. The van der Waals surface area contributed by atoms with E-state index in [0.29, 0.717) is 11.3 Å². The number of nitrogens with one attached hydrogen (secondary N) is 2. The number of benzene rings is 1. The van der Waals surface area contributed by atoms with Crippen LogP contribution in [0.2, 0.25) is 0 Å². The highest BCUT2D eigenvalue weighted by atomic mass is 35.6. The molecule has 1 aromatic heterocycles. The predicted molar refractivity (Wildman–Crippen MR) is 90.2 cm³/mol. The molecule has 0 spiro atoms. The van der Waals surface area contributed by atoms with E-state index in [1.54, 1.807) is 30.3 Å². The molecular weight excluding hydrogens is 363 g/mol. The molecule has 0 aliphatic heterocycles. The minimum absolute atomic E-state index is 0.221. The molecule has 6 nitrogen and oxygen atoms in total. The van der Waals surface area contributed by atoms with Gasteiger partial charge in [-0.15, -0.1) is 0 Å². The summed E-state index contributed by atoms with van der Waals surface area (Å²) in [5.74, 6) is 0.432. The van der Waals surface area contributed by atoms with Crippen LogP contribution in [0.25, 0.3) is 0 Å². The number of rotatable bonds is 5. The van der Waals surface area contributed by atoms with E-state index >= 15 is 0 Å². The molecule has 9 heteroatoms. The second-order valence-corrected chi connectivity index (χ2v) is 6.76. The van der Waals surface area contributed by atoms with Gasteiger partial charge in [0.2, 0.25) is 9.74 Å². The number of carbonyl (C=O) groups excluding carboxylic acids is 1. The summed E-state index contributed by atoms with van der Waals surface area (Å²) < 4.78 is 3.24. The van der Waals surface area contributed by atoms with Crippen molar-refractivity contribution in [2.45, 2.75) is 9.96 Å². The first-order valence-electron chi connectivity index (χ1n) is 6.45. The third kappa shape index (κ3) is 5.13. The van der Waals surface area contributed by atoms with Gasteiger partial charge in [0.15, 0.2) is 0 Å². The van der Waals surface area contributed by atoms with Gasteiger partial charge < -0.3 is 15.4 Å². The van der Waals surface area contributed by atoms with Crippen LogP contribution in [0.4, 0.5) is 5.95 Å². The van der Waals surface area contributed by atoms with Crippen molar-refractivity contribution in [1.29, 1.82) is 0 Å². The molecule has 0 aliphatic carbocycles. The number of nitrogens with zero attached hydrogens (tertiary/aromatic N) is 2. The number of anilines is 1. The molecule has 2 N–H and O–H groups in total. The smallest absolute Gasteiger partial charge is 0.252 e. The molecule has 1 atom stereocenters. The van der Waals surface area contributed by atoms with Crippen molar-refractivity contribution in [2.75, 3.05) is 12.4 Å². The van der Waals surface area contributed by atoms with Gasteiger partial charge in [0.1, 0.15) is 11.9 Å². The van der Waals surface area contributed by atoms with Crippen LogP contribution in [-0.2, 0) is 0 Å². The molecule has 122 valence electrons. The summed E-state index contributed by atoms with van der Waals surface area (Å²) >= 11 is 17.7. The number of alkyl halides is 3. The molecule has 0 radical (unpaired) electrons. The zero-order valence-corrected chi connectivity index (χ0v) is 14.2. The van der Waals surface area contributed by atoms with E-state index < -0.39 is 15.9 Å². The number of hydrogen-bond donors (Lipinski definition) is 2. The summed E-state index contributed by atoms with van der Waals surface area (Å²) in [5.41, 5.74) is 0.390. The van der Waals surface area contributed by atoms with E-state index in [2.05, 4.69) is 20.6 Å². The summed E-state index contributed by atoms with van der Waals surface area (Å²) in [4.78, 5) is 20.2. The van der Waals surface area contributed by atoms with Crippen LogP contribution in [0.1, 0.15) is 10.4 Å². The Labute approximate surface area is 148 Å². The molecule has 1 heterocycles. The Hall–Kier alpha value is -1.76. The third-order valence-corrected chi connectivity index (χ3v) is 3.45. The number of carbonyl (C=O) groups is 1. The maximum atomic E-state index is 12.3. The molecule has 2 aromatic rings. The summed E-state index contributed by atoms with van der Waals surface area (Å²) in [7, 11) is 1.54. The number of ether oxygens (including phenoxy) is 1. The maximum Gasteiger partial charge on any atom is 0.252 e. The van der Waals surface area contributed by atoms with Gasteiger partial charge in [-0.2, -0.15) is 0 Å². The van der Waals surface area contributed by atoms with Crippen LogP contribution in [-0.4, -0.2) is 32.9 Å². The lowest BCUT2D eigenvalue weighted by atomic mass is 10.2. The number of hydrogen-bond acceptors (Lipinski definition) is 5. The molecule has 0 saturated heterocycles. The van der Waals surface area contributed by atoms with Crippen molar-refractivity contribution < 1.29 is 9.53 Å². The Bertz CT molecular complexity index is 647. The second kappa shape index (κ2) is 7.68. The van der Waals surface area contributed by atoms with E-state index in [1.807, 2.05) is 0 Å². The Morgan fingerprint density at radius 2 is 1.78 bits per heavy atom. The first kappa shape index (κ1) is 17.6. The van der Waals surface area contributed by atoms with Crippen molar-refractivity contribution in [3.63, 3.8) is 0 Å². The molecule has 1 unspecified atom stereocenters. The highest BCUT2D eigenvalue weighted by Crippen LogP contribution is 2.30. The molecule has 0 aliphatic rings. The number of aromatic nitrogens is 2. The van der Waals surface area contributed by atoms with Crippen LogP contribution in [0.3, 0.4) is 0 Å². The van der Waals surface area contributed by atoms with Gasteiger partial charge in [-0.1, -0.05) is 34.8 Å². The average molecular weight is 376 g/mol. The van der Waals surface area contributed by atoms with Gasteiger partial charge in [-0.05, 0) is 30.3 Å². The van der Waals surface area contributed by atoms with E-state index in [-0.39, 0.29) is 5.95 Å². The fourth-order valence-corrected chi connectivity index (χ4v) is 1.99. The van der Waals surface area contributed by atoms with Crippen LogP contribution in [0.5, 0.6) is 5.75 Å². The van der Waals surface area contributed by atoms with Crippen molar-refractivity contribution in [3.05, 3.63) is 48.3 Å². The highest BCUT2D eigenvalue weighted by Gasteiger charge is 2.34. The molecule has 23 heavy (non-hydrogen) atoms. The molecule has 0 bridgehead atoms. The van der Waals surface area contributed by atoms with Gasteiger partial charge in [0.05, 0.1) is 7.11 Å². The van der Waals surface area contributed by atoms with Crippen LogP contribution in [0, 0.1) is 0 Å². The van der Waals surface area contributed by atoms with E-state index in [1.165, 1.54) is 19.5 Å². The van der Waals surface area contributed by atoms with Gasteiger partial charge in [-0.25, -0.2) is 9.97 Å². The lowest BCUT2D eigenvalue weighted by Crippen LogP contribution is -2.49. The second-order valence-electron chi connectivity index (χ2n) is 4.39. The Balaban J connectivity index is 2.12. The minimum Gasteiger partial charge on any atom is -0.497 e. The SMILES string of the molecule is COc1ccc(C(=O)NC(Nc2ncccn2)C(Cl)(Cl)Cl)cc1. The predicted octanol–water partition coefficient (Wildman–Crippen LogP) is 3.02. The zero-order valence-electron chi connectivity index (χ0n) is 12.0. The number of amides is 1. The maximum absolute atomic E-state index is 12.3. The summed E-state index contributed by atoms with van der Waals surface area (Å²) in [6, 6.07) is 8.16. The van der Waals surface area contributed by atoms with E-state index in [9.17, 15) is 4.79 Å². The molecule has 0 fully saturated rings. The highest BCUT2D eigenvalue weighted by molar-refractivity contribution is 6.68. The first-order chi connectivity index (χ1) is 10.9. The Morgan fingerprint density at radius 1 is 1.17 bits per heavy atom. The normalized spacial score (nSPS) is 12.3. The number of methoxy groups -OCH3 is 1. The molecular formula is C14H13Cl3N4O2. The number of halogens is 3. The van der Waals surface area contributed by atoms with Gasteiger partial charge in [0.25, 0.3) is 5.91 Å². The van der Waals surface area contributed by atoms with Crippen LogP contribution >= 0.6 is 34.8 Å². The monoisotopic (exact) mass is 374 g/mol. The fraction of sp³-hybridized carbons (Fsp3) is 0.214. The van der Waals surface area contributed by atoms with Crippen molar-refractivity contribution in [3.8, 4) is 5.75 Å². The average Bonchev–Trinajstić information content (AvgIpc) is 2.54. The van der Waals surface area contributed by atoms with Crippen LogP contribution < -0.4 is 15.4 Å². The van der Waals surface area contributed by atoms with E-state index in [0.717, 1.165) is 0 Å².